The first-order valence-corrected chi connectivity index (χ1v) is 3.81. The van der Waals surface area contributed by atoms with Crippen molar-refractivity contribution >= 4 is 0 Å². The highest BCUT2D eigenvalue weighted by Gasteiger charge is 2.49. The van der Waals surface area contributed by atoms with Crippen molar-refractivity contribution in [1.29, 1.82) is 0 Å². The van der Waals surface area contributed by atoms with Crippen LogP contribution in [0.3, 0.4) is 0 Å². The predicted octanol–water partition coefficient (Wildman–Crippen LogP) is 0.444. The van der Waals surface area contributed by atoms with Gasteiger partial charge in [0.15, 0.2) is 0 Å². The molecule has 2 rings (SSSR count). The molecule has 3 nitrogen and oxygen atoms in total. The van der Waals surface area contributed by atoms with Crippen LogP contribution in [0.5, 0.6) is 0 Å². The molecule has 2 N–H and O–H groups in total. The van der Waals surface area contributed by atoms with Crippen LogP contribution in [0, 0.1) is 5.92 Å². The molecule has 0 aromatic carbocycles. The Morgan fingerprint density at radius 3 is 2.60 bits per heavy atom. The molecule has 1 aliphatic carbocycles. The second kappa shape index (κ2) is 1.94. The molecular formula is C7H13NO2. The second-order valence-electron chi connectivity index (χ2n) is 3.24. The monoisotopic (exact) mass is 143 g/mol. The maximum absolute atomic E-state index is 5.81. The van der Waals surface area contributed by atoms with Crippen LogP contribution in [-0.4, -0.2) is 18.6 Å². The fraction of sp³-hybridized carbons (Fsp3) is 1.00. The average molecular weight is 143 g/mol. The lowest BCUT2D eigenvalue weighted by molar-refractivity contribution is -0.177. The van der Waals surface area contributed by atoms with E-state index in [1.165, 1.54) is 0 Å². The topological polar surface area (TPSA) is 44.5 Å². The van der Waals surface area contributed by atoms with Crippen LogP contribution in [0.2, 0.25) is 0 Å². The van der Waals surface area contributed by atoms with Gasteiger partial charge in [-0.1, -0.05) is 0 Å². The van der Waals surface area contributed by atoms with Crippen LogP contribution < -0.4 is 5.73 Å². The van der Waals surface area contributed by atoms with Crippen LogP contribution in [0.4, 0.5) is 0 Å². The van der Waals surface area contributed by atoms with Gasteiger partial charge < -0.3 is 9.47 Å². The lowest BCUT2D eigenvalue weighted by Crippen LogP contribution is -2.43. The zero-order chi connectivity index (χ0) is 7.19. The van der Waals surface area contributed by atoms with E-state index in [9.17, 15) is 0 Å². The highest BCUT2D eigenvalue weighted by molar-refractivity contribution is 4.88. The SMILES string of the molecule is CC1COC(N)(C2CC2)O1. The first kappa shape index (κ1) is 6.58. The van der Waals surface area contributed by atoms with Gasteiger partial charge in [0.05, 0.1) is 12.7 Å². The van der Waals surface area contributed by atoms with Gasteiger partial charge in [0.1, 0.15) is 0 Å². The number of nitrogens with two attached hydrogens (primary N) is 1. The number of hydrogen-bond acceptors (Lipinski definition) is 3. The van der Waals surface area contributed by atoms with Crippen LogP contribution in [0.15, 0.2) is 0 Å². The van der Waals surface area contributed by atoms with Gasteiger partial charge >= 0.3 is 0 Å². The minimum atomic E-state index is -0.723. The zero-order valence-corrected chi connectivity index (χ0v) is 6.17. The molecule has 1 heterocycles. The maximum Gasteiger partial charge on any atom is 0.228 e. The van der Waals surface area contributed by atoms with Crippen molar-refractivity contribution < 1.29 is 9.47 Å². The molecule has 1 aliphatic heterocycles. The molecule has 0 amide bonds. The summed E-state index contributed by atoms with van der Waals surface area (Å²) in [6, 6.07) is 0. The van der Waals surface area contributed by atoms with E-state index in [4.69, 9.17) is 15.2 Å². The van der Waals surface area contributed by atoms with E-state index in [1.807, 2.05) is 6.92 Å². The smallest absolute Gasteiger partial charge is 0.228 e. The summed E-state index contributed by atoms with van der Waals surface area (Å²) in [4.78, 5) is 0. The van der Waals surface area contributed by atoms with E-state index < -0.39 is 5.91 Å². The van der Waals surface area contributed by atoms with E-state index in [-0.39, 0.29) is 6.10 Å². The molecular weight excluding hydrogens is 130 g/mol. The summed E-state index contributed by atoms with van der Waals surface area (Å²) in [5.41, 5.74) is 5.81. The Balaban J connectivity index is 2.01. The zero-order valence-electron chi connectivity index (χ0n) is 6.17. The summed E-state index contributed by atoms with van der Waals surface area (Å²) in [6.07, 6.45) is 2.48. The quantitative estimate of drug-likeness (QED) is 0.579. The van der Waals surface area contributed by atoms with E-state index >= 15 is 0 Å². The van der Waals surface area contributed by atoms with Crippen molar-refractivity contribution in [1.82, 2.24) is 0 Å². The largest absolute Gasteiger partial charge is 0.335 e. The van der Waals surface area contributed by atoms with Crippen LogP contribution >= 0.6 is 0 Å². The lowest BCUT2D eigenvalue weighted by Gasteiger charge is -2.21. The molecule has 0 bridgehead atoms. The summed E-state index contributed by atoms with van der Waals surface area (Å²) >= 11 is 0. The molecule has 0 radical (unpaired) electrons. The molecule has 2 atom stereocenters. The Morgan fingerprint density at radius 2 is 2.20 bits per heavy atom. The van der Waals surface area contributed by atoms with Gasteiger partial charge in [-0.05, 0) is 19.8 Å². The van der Waals surface area contributed by atoms with Crippen molar-refractivity contribution in [2.75, 3.05) is 6.61 Å². The standard InChI is InChI=1S/C7H13NO2/c1-5-4-9-7(8,10-5)6-2-3-6/h5-6H,2-4,8H2,1H3. The van der Waals surface area contributed by atoms with E-state index in [2.05, 4.69) is 0 Å². The van der Waals surface area contributed by atoms with Gasteiger partial charge in [-0.2, -0.15) is 0 Å². The van der Waals surface area contributed by atoms with Crippen LogP contribution in [-0.2, 0) is 9.47 Å². The normalized spacial score (nSPS) is 48.0. The van der Waals surface area contributed by atoms with E-state index in [0.29, 0.717) is 12.5 Å². The van der Waals surface area contributed by atoms with Crippen LogP contribution in [0.25, 0.3) is 0 Å². The third kappa shape index (κ3) is 0.944. The first-order valence-electron chi connectivity index (χ1n) is 3.81. The molecule has 3 heteroatoms. The molecule has 1 saturated carbocycles. The molecule has 1 saturated heterocycles. The van der Waals surface area contributed by atoms with Gasteiger partial charge in [-0.3, -0.25) is 5.73 Å². The third-order valence-corrected chi connectivity index (χ3v) is 2.08. The molecule has 10 heavy (non-hydrogen) atoms. The summed E-state index contributed by atoms with van der Waals surface area (Å²) in [5, 5.41) is 0. The minimum Gasteiger partial charge on any atom is -0.335 e. The summed E-state index contributed by atoms with van der Waals surface area (Å²) in [6.45, 7) is 2.63. The van der Waals surface area contributed by atoms with Gasteiger partial charge in [0.2, 0.25) is 5.91 Å². The minimum absolute atomic E-state index is 0.172. The third-order valence-electron chi connectivity index (χ3n) is 2.08. The van der Waals surface area contributed by atoms with Gasteiger partial charge in [-0.25, -0.2) is 0 Å². The summed E-state index contributed by atoms with van der Waals surface area (Å²) in [7, 11) is 0. The molecule has 2 unspecified atom stereocenters. The molecule has 58 valence electrons. The van der Waals surface area contributed by atoms with E-state index in [0.717, 1.165) is 12.8 Å². The molecule has 2 fully saturated rings. The Hall–Kier alpha value is -0.120. The Bertz CT molecular complexity index is 147. The molecule has 0 aromatic rings. The molecule has 0 spiro atoms. The number of hydrogen-bond donors (Lipinski definition) is 1. The number of rotatable bonds is 1. The predicted molar refractivity (Wildman–Crippen MR) is 36.1 cm³/mol. The van der Waals surface area contributed by atoms with E-state index in [1.54, 1.807) is 0 Å². The van der Waals surface area contributed by atoms with Crippen molar-refractivity contribution in [3.8, 4) is 0 Å². The first-order chi connectivity index (χ1) is 4.71. The van der Waals surface area contributed by atoms with Gasteiger partial charge in [-0.15, -0.1) is 0 Å². The lowest BCUT2D eigenvalue weighted by atomic mass is 10.3. The molecule has 0 aromatic heterocycles. The highest BCUT2D eigenvalue weighted by Crippen LogP contribution is 2.42. The van der Waals surface area contributed by atoms with Crippen molar-refractivity contribution in [2.45, 2.75) is 31.8 Å². The van der Waals surface area contributed by atoms with Gasteiger partial charge in [0, 0.05) is 5.92 Å². The van der Waals surface area contributed by atoms with Crippen molar-refractivity contribution in [2.24, 2.45) is 11.7 Å². The average Bonchev–Trinajstić information content (AvgIpc) is 2.62. The summed E-state index contributed by atoms with van der Waals surface area (Å²) in [5.74, 6) is -0.267. The Labute approximate surface area is 60.5 Å². The molecule has 2 aliphatic rings. The maximum atomic E-state index is 5.81. The summed E-state index contributed by atoms with van der Waals surface area (Å²) < 4.78 is 10.8. The number of ether oxygens (including phenoxy) is 2. The van der Waals surface area contributed by atoms with Crippen LogP contribution in [0.1, 0.15) is 19.8 Å². The fourth-order valence-electron chi connectivity index (χ4n) is 1.33. The highest BCUT2D eigenvalue weighted by atomic mass is 16.8. The fourth-order valence-corrected chi connectivity index (χ4v) is 1.33. The van der Waals surface area contributed by atoms with Crippen molar-refractivity contribution in [3.05, 3.63) is 0 Å². The Morgan fingerprint density at radius 1 is 1.50 bits per heavy atom. The van der Waals surface area contributed by atoms with Crippen molar-refractivity contribution in [3.63, 3.8) is 0 Å². The second-order valence-corrected chi connectivity index (χ2v) is 3.24. The van der Waals surface area contributed by atoms with Gasteiger partial charge in [0.25, 0.3) is 0 Å². The Kier molecular flexibility index (Phi) is 1.27.